The molecular formula is C17H9ClN4O3S. The van der Waals surface area contributed by atoms with Crippen LogP contribution in [0.5, 0.6) is 0 Å². The van der Waals surface area contributed by atoms with Crippen LogP contribution in [0.15, 0.2) is 53.3 Å². The molecule has 0 aliphatic rings. The van der Waals surface area contributed by atoms with Crippen molar-refractivity contribution in [3.63, 3.8) is 0 Å². The first-order valence-electron chi connectivity index (χ1n) is 7.43. The van der Waals surface area contributed by atoms with E-state index in [-0.39, 0.29) is 11.2 Å². The number of nitro benzene ring substituents is 1. The molecule has 0 atom stereocenters. The molecule has 2 aromatic carbocycles. The molecule has 128 valence electrons. The number of fused-ring (bicyclic) bond motifs is 1. The number of thiazole rings is 1. The maximum absolute atomic E-state index is 12.5. The van der Waals surface area contributed by atoms with Crippen molar-refractivity contribution in [2.75, 3.05) is 0 Å². The highest BCUT2D eigenvalue weighted by atomic mass is 35.5. The van der Waals surface area contributed by atoms with E-state index in [0.29, 0.717) is 31.5 Å². The van der Waals surface area contributed by atoms with Gasteiger partial charge in [-0.15, -0.1) is 5.10 Å². The van der Waals surface area contributed by atoms with E-state index in [1.807, 2.05) is 6.07 Å². The first-order valence-corrected chi connectivity index (χ1v) is 8.63. The third kappa shape index (κ3) is 2.85. The van der Waals surface area contributed by atoms with Crippen molar-refractivity contribution in [2.24, 2.45) is 0 Å². The van der Waals surface area contributed by atoms with Gasteiger partial charge >= 0.3 is 0 Å². The largest absolute Gasteiger partial charge is 0.291 e. The molecule has 0 bridgehead atoms. The van der Waals surface area contributed by atoms with Crippen molar-refractivity contribution in [3.05, 3.63) is 84.1 Å². The lowest BCUT2D eigenvalue weighted by Gasteiger charge is -1.96. The van der Waals surface area contributed by atoms with Crippen LogP contribution in [0.2, 0.25) is 5.02 Å². The van der Waals surface area contributed by atoms with Crippen molar-refractivity contribution in [1.82, 2.24) is 14.6 Å². The second-order valence-corrected chi connectivity index (χ2v) is 6.79. The van der Waals surface area contributed by atoms with E-state index < -0.39 is 4.92 Å². The zero-order valence-electron chi connectivity index (χ0n) is 13.0. The lowest BCUT2D eigenvalue weighted by molar-refractivity contribution is -0.384. The molecule has 0 spiro atoms. The number of non-ortho nitro benzene ring substituents is 1. The Morgan fingerprint density at radius 2 is 1.88 bits per heavy atom. The zero-order valence-corrected chi connectivity index (χ0v) is 14.6. The fraction of sp³-hybridized carbons (Fsp3) is 0. The van der Waals surface area contributed by atoms with Gasteiger partial charge in [-0.05, 0) is 35.9 Å². The molecule has 0 saturated heterocycles. The highest BCUT2D eigenvalue weighted by Gasteiger charge is 2.14. The molecule has 4 rings (SSSR count). The minimum absolute atomic E-state index is 0.00322. The maximum atomic E-state index is 12.5. The van der Waals surface area contributed by atoms with Gasteiger partial charge < -0.3 is 0 Å². The average Bonchev–Trinajstić information content (AvgIpc) is 3.16. The lowest BCUT2D eigenvalue weighted by atomic mass is 10.2. The predicted octanol–water partition coefficient (Wildman–Crippen LogP) is 2.93. The first kappa shape index (κ1) is 16.4. The number of nitro groups is 1. The van der Waals surface area contributed by atoms with Gasteiger partial charge in [-0.1, -0.05) is 35.1 Å². The Hall–Kier alpha value is -3.10. The summed E-state index contributed by atoms with van der Waals surface area (Å²) < 4.78 is 1.68. The van der Waals surface area contributed by atoms with Crippen molar-refractivity contribution in [2.45, 2.75) is 0 Å². The third-order valence-electron chi connectivity index (χ3n) is 3.70. The molecule has 9 heteroatoms. The molecule has 0 amide bonds. The Kier molecular flexibility index (Phi) is 3.98. The SMILES string of the molecule is O=c1/c(=C\c2ccc([N+](=O)[O-])cc2)sc2nc(-c3ccccc3Cl)nn12. The molecule has 7 nitrogen and oxygen atoms in total. The van der Waals surface area contributed by atoms with Crippen LogP contribution in [0.1, 0.15) is 5.56 Å². The summed E-state index contributed by atoms with van der Waals surface area (Å²) in [4.78, 5) is 27.6. The van der Waals surface area contributed by atoms with Crippen LogP contribution >= 0.6 is 22.9 Å². The van der Waals surface area contributed by atoms with Crippen molar-refractivity contribution >= 4 is 39.7 Å². The first-order chi connectivity index (χ1) is 12.5. The van der Waals surface area contributed by atoms with E-state index in [0.717, 1.165) is 0 Å². The van der Waals surface area contributed by atoms with Gasteiger partial charge in [0.05, 0.1) is 14.5 Å². The van der Waals surface area contributed by atoms with Crippen LogP contribution < -0.4 is 10.1 Å². The van der Waals surface area contributed by atoms with E-state index in [2.05, 4.69) is 10.1 Å². The standard InChI is InChI=1S/C17H9ClN4O3S/c18-13-4-2-1-3-12(13)15-19-17-21(20-15)16(23)14(26-17)9-10-5-7-11(8-6-10)22(24)25/h1-9H/b14-9+. The Labute approximate surface area is 155 Å². The summed E-state index contributed by atoms with van der Waals surface area (Å²) in [5.41, 5.74) is 1.04. The highest BCUT2D eigenvalue weighted by Crippen LogP contribution is 2.25. The van der Waals surface area contributed by atoms with Gasteiger partial charge in [0.15, 0.2) is 5.82 Å². The Morgan fingerprint density at radius 3 is 2.54 bits per heavy atom. The fourth-order valence-electron chi connectivity index (χ4n) is 2.43. The van der Waals surface area contributed by atoms with E-state index in [9.17, 15) is 14.9 Å². The monoisotopic (exact) mass is 384 g/mol. The molecule has 26 heavy (non-hydrogen) atoms. The van der Waals surface area contributed by atoms with Gasteiger partial charge in [0.2, 0.25) is 4.96 Å². The number of rotatable bonds is 3. The number of hydrogen-bond donors (Lipinski definition) is 0. The van der Waals surface area contributed by atoms with E-state index >= 15 is 0 Å². The molecule has 0 aliphatic carbocycles. The summed E-state index contributed by atoms with van der Waals surface area (Å²) in [6, 6.07) is 13.1. The van der Waals surface area contributed by atoms with E-state index in [1.165, 1.54) is 28.0 Å². The molecule has 0 radical (unpaired) electrons. The van der Waals surface area contributed by atoms with Crippen LogP contribution in [0, 0.1) is 10.1 Å². The van der Waals surface area contributed by atoms with Gasteiger partial charge in [-0.3, -0.25) is 14.9 Å². The number of benzene rings is 2. The second-order valence-electron chi connectivity index (χ2n) is 5.37. The van der Waals surface area contributed by atoms with Crippen molar-refractivity contribution in [3.8, 4) is 11.4 Å². The fourth-order valence-corrected chi connectivity index (χ4v) is 3.56. The van der Waals surface area contributed by atoms with Gasteiger partial charge in [0.25, 0.3) is 11.2 Å². The van der Waals surface area contributed by atoms with Gasteiger partial charge in [0.1, 0.15) is 0 Å². The maximum Gasteiger partial charge on any atom is 0.291 e. The van der Waals surface area contributed by atoms with Gasteiger partial charge in [-0.25, -0.2) is 0 Å². The normalized spacial score (nSPS) is 12.0. The average molecular weight is 385 g/mol. The Morgan fingerprint density at radius 1 is 1.15 bits per heavy atom. The third-order valence-corrected chi connectivity index (χ3v) is 4.99. The van der Waals surface area contributed by atoms with Crippen LogP contribution in [0.3, 0.4) is 0 Å². The summed E-state index contributed by atoms with van der Waals surface area (Å²) in [7, 11) is 0. The molecule has 2 aromatic heterocycles. The summed E-state index contributed by atoms with van der Waals surface area (Å²) in [6.07, 6.45) is 1.66. The van der Waals surface area contributed by atoms with E-state index in [1.54, 1.807) is 36.4 Å². The summed E-state index contributed by atoms with van der Waals surface area (Å²) in [5.74, 6) is 0.390. The smallest absolute Gasteiger partial charge is 0.266 e. The van der Waals surface area contributed by atoms with Crippen molar-refractivity contribution < 1.29 is 4.92 Å². The molecule has 0 fully saturated rings. The molecule has 4 aromatic rings. The topological polar surface area (TPSA) is 90.4 Å². The molecule has 0 unspecified atom stereocenters. The lowest BCUT2D eigenvalue weighted by Crippen LogP contribution is -2.23. The molecular weight excluding hydrogens is 376 g/mol. The minimum atomic E-state index is -0.470. The summed E-state index contributed by atoms with van der Waals surface area (Å²) in [5, 5.41) is 15.5. The second kappa shape index (κ2) is 6.32. The molecule has 0 aliphatic heterocycles. The molecule has 0 saturated carbocycles. The summed E-state index contributed by atoms with van der Waals surface area (Å²) in [6.45, 7) is 0. The van der Waals surface area contributed by atoms with Crippen LogP contribution in [-0.2, 0) is 0 Å². The Bertz CT molecular complexity index is 1250. The zero-order chi connectivity index (χ0) is 18.3. The summed E-state index contributed by atoms with van der Waals surface area (Å²) >= 11 is 7.34. The van der Waals surface area contributed by atoms with Crippen LogP contribution in [-0.4, -0.2) is 19.5 Å². The number of nitrogens with zero attached hydrogens (tertiary/aromatic N) is 4. The highest BCUT2D eigenvalue weighted by molar-refractivity contribution is 7.15. The molecule has 2 heterocycles. The van der Waals surface area contributed by atoms with Gasteiger partial charge in [0, 0.05) is 17.7 Å². The number of hydrogen-bond acceptors (Lipinski definition) is 6. The van der Waals surface area contributed by atoms with Crippen LogP contribution in [0.25, 0.3) is 22.4 Å². The predicted molar refractivity (Wildman–Crippen MR) is 99.5 cm³/mol. The quantitative estimate of drug-likeness (QED) is 0.400. The van der Waals surface area contributed by atoms with E-state index in [4.69, 9.17) is 11.6 Å². The minimum Gasteiger partial charge on any atom is -0.266 e. The molecule has 0 N–H and O–H groups in total. The Balaban J connectivity index is 1.77. The van der Waals surface area contributed by atoms with Crippen LogP contribution in [0.4, 0.5) is 5.69 Å². The number of aromatic nitrogens is 3. The van der Waals surface area contributed by atoms with Gasteiger partial charge in [-0.2, -0.15) is 9.50 Å². The van der Waals surface area contributed by atoms with Crippen molar-refractivity contribution in [1.29, 1.82) is 0 Å². The number of halogens is 1.